The molecule has 0 aromatic heterocycles. The normalized spacial score (nSPS) is 29.0. The highest BCUT2D eigenvalue weighted by atomic mass is 16.7. The van der Waals surface area contributed by atoms with E-state index in [9.17, 15) is 4.79 Å². The number of hydrogen-bond acceptors (Lipinski definition) is 4. The molecule has 1 aromatic rings. The van der Waals surface area contributed by atoms with E-state index < -0.39 is 0 Å². The number of ether oxygens (including phenoxy) is 2. The number of likely N-dealkylation sites (tertiary alicyclic amines) is 2. The minimum atomic E-state index is -0.260. The van der Waals surface area contributed by atoms with Crippen molar-refractivity contribution in [2.75, 3.05) is 19.9 Å². The lowest BCUT2D eigenvalue weighted by Crippen LogP contribution is -2.60. The number of amides is 1. The fourth-order valence-electron chi connectivity index (χ4n) is 4.90. The molecule has 25 heavy (non-hydrogen) atoms. The first-order valence-corrected chi connectivity index (χ1v) is 9.63. The van der Waals surface area contributed by atoms with Crippen LogP contribution in [0.25, 0.3) is 0 Å². The van der Waals surface area contributed by atoms with Gasteiger partial charge in [0.15, 0.2) is 11.5 Å². The van der Waals surface area contributed by atoms with Gasteiger partial charge < -0.3 is 14.4 Å². The Bertz CT molecular complexity index is 715. The zero-order chi connectivity index (χ0) is 17.0. The summed E-state index contributed by atoms with van der Waals surface area (Å²) in [5, 5.41) is 0. The maximum atomic E-state index is 13.3. The summed E-state index contributed by atoms with van der Waals surface area (Å²) >= 11 is 0. The molecule has 1 amide bonds. The van der Waals surface area contributed by atoms with Gasteiger partial charge in [-0.1, -0.05) is 0 Å². The molecule has 0 bridgehead atoms. The molecule has 4 aliphatic rings. The smallest absolute Gasteiger partial charge is 0.243 e. The number of fused-ring (bicyclic) bond motifs is 1. The Morgan fingerprint density at radius 2 is 1.84 bits per heavy atom. The van der Waals surface area contributed by atoms with E-state index in [0.717, 1.165) is 56.8 Å². The lowest BCUT2D eigenvalue weighted by atomic mass is 9.85. The van der Waals surface area contributed by atoms with E-state index in [1.54, 1.807) is 0 Å². The molecular formula is C20H26N2O3. The lowest BCUT2D eigenvalue weighted by Gasteiger charge is -2.45. The summed E-state index contributed by atoms with van der Waals surface area (Å²) in [5.74, 6) is 2.08. The van der Waals surface area contributed by atoms with Crippen molar-refractivity contribution in [3.63, 3.8) is 0 Å². The lowest BCUT2D eigenvalue weighted by molar-refractivity contribution is -0.148. The van der Waals surface area contributed by atoms with Crippen molar-refractivity contribution in [2.24, 2.45) is 0 Å². The quantitative estimate of drug-likeness (QED) is 0.847. The molecule has 5 nitrogen and oxygen atoms in total. The van der Waals surface area contributed by atoms with E-state index in [0.29, 0.717) is 18.7 Å². The van der Waals surface area contributed by atoms with Crippen molar-refractivity contribution in [3.8, 4) is 11.5 Å². The first-order chi connectivity index (χ1) is 12.2. The molecule has 1 unspecified atom stereocenters. The average Bonchev–Trinajstić information content (AvgIpc) is 3.22. The Hall–Kier alpha value is -1.75. The number of piperidine rings is 1. The molecule has 3 heterocycles. The molecular weight excluding hydrogens is 316 g/mol. The molecule has 134 valence electrons. The van der Waals surface area contributed by atoms with Gasteiger partial charge in [0.25, 0.3) is 0 Å². The Kier molecular flexibility index (Phi) is 3.49. The van der Waals surface area contributed by atoms with Gasteiger partial charge in [0.05, 0.1) is 0 Å². The van der Waals surface area contributed by atoms with Crippen LogP contribution in [0.5, 0.6) is 11.5 Å². The molecule has 2 saturated heterocycles. The Labute approximate surface area is 148 Å². The van der Waals surface area contributed by atoms with Crippen LogP contribution in [0.3, 0.4) is 0 Å². The number of aryl methyl sites for hydroxylation is 1. The summed E-state index contributed by atoms with van der Waals surface area (Å²) in [4.78, 5) is 18.0. The van der Waals surface area contributed by atoms with Crippen LogP contribution >= 0.6 is 0 Å². The molecule has 0 radical (unpaired) electrons. The summed E-state index contributed by atoms with van der Waals surface area (Å²) in [5.41, 5.74) is 2.21. The first-order valence-electron chi connectivity index (χ1n) is 9.63. The predicted octanol–water partition coefficient (Wildman–Crippen LogP) is 2.84. The second kappa shape index (κ2) is 5.63. The van der Waals surface area contributed by atoms with Crippen molar-refractivity contribution < 1.29 is 14.3 Å². The van der Waals surface area contributed by atoms with Crippen molar-refractivity contribution in [2.45, 2.75) is 63.6 Å². The van der Waals surface area contributed by atoms with Gasteiger partial charge in [-0.3, -0.25) is 9.69 Å². The molecule has 1 saturated carbocycles. The molecule has 5 heteroatoms. The third-order valence-corrected chi connectivity index (χ3v) is 6.45. The summed E-state index contributed by atoms with van der Waals surface area (Å²) in [6.45, 7) is 5.23. The Balaban J connectivity index is 1.42. The Morgan fingerprint density at radius 3 is 2.60 bits per heavy atom. The highest BCUT2D eigenvalue weighted by Gasteiger charge is 2.53. The van der Waals surface area contributed by atoms with Gasteiger partial charge in [0.1, 0.15) is 5.54 Å². The zero-order valence-electron chi connectivity index (χ0n) is 14.9. The maximum absolute atomic E-state index is 13.3. The first kappa shape index (κ1) is 15.5. The highest BCUT2D eigenvalue weighted by Crippen LogP contribution is 2.43. The number of hydrogen-bond donors (Lipinski definition) is 0. The molecule has 1 spiro atoms. The fraction of sp³-hybridized carbons (Fsp3) is 0.650. The largest absolute Gasteiger partial charge is 0.454 e. The van der Waals surface area contributed by atoms with Crippen LogP contribution in [0.4, 0.5) is 0 Å². The molecule has 5 rings (SSSR count). The molecule has 3 aliphatic heterocycles. The molecule has 1 aromatic carbocycles. The van der Waals surface area contributed by atoms with Gasteiger partial charge in [0, 0.05) is 19.1 Å². The maximum Gasteiger partial charge on any atom is 0.243 e. The van der Waals surface area contributed by atoms with Crippen molar-refractivity contribution >= 4 is 5.91 Å². The van der Waals surface area contributed by atoms with Gasteiger partial charge in [-0.15, -0.1) is 0 Å². The molecule has 1 atom stereocenters. The SMILES string of the molecule is Cc1cc2c(cc1CN1CCCC13CCCN(C1CC1)C3=O)OCO2. The van der Waals surface area contributed by atoms with Crippen molar-refractivity contribution in [3.05, 3.63) is 23.3 Å². The van der Waals surface area contributed by atoms with Gasteiger partial charge >= 0.3 is 0 Å². The fourth-order valence-corrected chi connectivity index (χ4v) is 4.90. The van der Waals surface area contributed by atoms with Crippen LogP contribution in [0.1, 0.15) is 49.7 Å². The van der Waals surface area contributed by atoms with E-state index in [2.05, 4.69) is 28.9 Å². The van der Waals surface area contributed by atoms with Crippen LogP contribution < -0.4 is 9.47 Å². The highest BCUT2D eigenvalue weighted by molar-refractivity contribution is 5.88. The third-order valence-electron chi connectivity index (χ3n) is 6.45. The van der Waals surface area contributed by atoms with E-state index in [1.807, 2.05) is 0 Å². The number of nitrogens with zero attached hydrogens (tertiary/aromatic N) is 2. The minimum Gasteiger partial charge on any atom is -0.454 e. The van der Waals surface area contributed by atoms with E-state index in [4.69, 9.17) is 9.47 Å². The minimum absolute atomic E-state index is 0.260. The van der Waals surface area contributed by atoms with Crippen LogP contribution in [-0.2, 0) is 11.3 Å². The summed E-state index contributed by atoms with van der Waals surface area (Å²) in [6.07, 6.45) is 6.68. The van der Waals surface area contributed by atoms with E-state index in [-0.39, 0.29) is 5.54 Å². The van der Waals surface area contributed by atoms with Crippen molar-refractivity contribution in [1.82, 2.24) is 9.80 Å². The second-order valence-electron chi connectivity index (χ2n) is 8.02. The average molecular weight is 342 g/mol. The number of carbonyl (C=O) groups excluding carboxylic acids is 1. The van der Waals surface area contributed by atoms with Crippen molar-refractivity contribution in [1.29, 1.82) is 0 Å². The predicted molar refractivity (Wildman–Crippen MR) is 93.6 cm³/mol. The zero-order valence-corrected chi connectivity index (χ0v) is 14.9. The van der Waals surface area contributed by atoms with Crippen LogP contribution in [0.2, 0.25) is 0 Å². The van der Waals surface area contributed by atoms with Gasteiger partial charge in [-0.25, -0.2) is 0 Å². The van der Waals surface area contributed by atoms with E-state index in [1.165, 1.54) is 24.0 Å². The molecule has 3 fully saturated rings. The van der Waals surface area contributed by atoms with E-state index >= 15 is 0 Å². The monoisotopic (exact) mass is 342 g/mol. The van der Waals surface area contributed by atoms with Gasteiger partial charge in [-0.2, -0.15) is 0 Å². The Morgan fingerprint density at radius 1 is 1.12 bits per heavy atom. The van der Waals surface area contributed by atoms with Gasteiger partial charge in [-0.05, 0) is 75.3 Å². The van der Waals surface area contributed by atoms with Crippen LogP contribution in [0, 0.1) is 6.92 Å². The van der Waals surface area contributed by atoms with Gasteiger partial charge in [0.2, 0.25) is 12.7 Å². The van der Waals surface area contributed by atoms with Crippen LogP contribution in [-0.4, -0.2) is 47.2 Å². The number of carbonyl (C=O) groups is 1. The summed E-state index contributed by atoms with van der Waals surface area (Å²) < 4.78 is 11.0. The molecule has 0 N–H and O–H groups in total. The standard InChI is InChI=1S/C20H26N2O3/c1-14-10-17-18(25-13-24-17)11-15(14)12-21-8-2-6-20(21)7-3-9-22(19(20)23)16-4-5-16/h10-11,16H,2-9,12-13H2,1H3. The summed E-state index contributed by atoms with van der Waals surface area (Å²) in [7, 11) is 0. The number of benzene rings is 1. The second-order valence-corrected chi connectivity index (χ2v) is 8.02. The topological polar surface area (TPSA) is 42.0 Å². The number of rotatable bonds is 3. The third kappa shape index (κ3) is 2.43. The molecule has 1 aliphatic carbocycles. The van der Waals surface area contributed by atoms with Crippen LogP contribution in [0.15, 0.2) is 12.1 Å². The summed E-state index contributed by atoms with van der Waals surface area (Å²) in [6, 6.07) is 4.70.